The van der Waals surface area contributed by atoms with Crippen molar-refractivity contribution in [1.82, 2.24) is 4.98 Å². The molecule has 0 saturated heterocycles. The summed E-state index contributed by atoms with van der Waals surface area (Å²) in [6.07, 6.45) is 0. The van der Waals surface area contributed by atoms with Crippen molar-refractivity contribution in [3.63, 3.8) is 0 Å². The van der Waals surface area contributed by atoms with Gasteiger partial charge in [0.1, 0.15) is 16.4 Å². The van der Waals surface area contributed by atoms with Crippen molar-refractivity contribution in [1.29, 1.82) is 0 Å². The number of carbonyl (C=O) groups excluding carboxylic acids is 2. The Morgan fingerprint density at radius 3 is 2.22 bits per heavy atom. The van der Waals surface area contributed by atoms with Crippen molar-refractivity contribution in [2.24, 2.45) is 0 Å². The fourth-order valence-corrected chi connectivity index (χ4v) is 2.72. The smallest absolute Gasteiger partial charge is 0.350 e. The van der Waals surface area contributed by atoms with E-state index in [1.165, 1.54) is 21.3 Å². The van der Waals surface area contributed by atoms with Crippen LogP contribution in [0.1, 0.15) is 25.7 Å². The van der Waals surface area contributed by atoms with Crippen LogP contribution in [-0.4, -0.2) is 38.2 Å². The topological polar surface area (TPSA) is 86.8 Å². The number of aryl methyl sites for hydroxylation is 1. The maximum absolute atomic E-state index is 12.3. The van der Waals surface area contributed by atoms with Gasteiger partial charge in [-0.25, -0.2) is 9.78 Å². The van der Waals surface area contributed by atoms with Crippen LogP contribution >= 0.6 is 11.3 Å². The predicted molar refractivity (Wildman–Crippen MR) is 85.7 cm³/mol. The Kier molecular flexibility index (Phi) is 5.17. The van der Waals surface area contributed by atoms with Gasteiger partial charge >= 0.3 is 5.97 Å². The Morgan fingerprint density at radius 2 is 1.70 bits per heavy atom. The number of rotatable bonds is 5. The van der Waals surface area contributed by atoms with Gasteiger partial charge in [0.2, 0.25) is 0 Å². The molecule has 0 fully saturated rings. The number of anilines is 1. The van der Waals surface area contributed by atoms with Crippen molar-refractivity contribution < 1.29 is 23.8 Å². The van der Waals surface area contributed by atoms with Crippen LogP contribution in [0.15, 0.2) is 18.2 Å². The van der Waals surface area contributed by atoms with Crippen LogP contribution in [-0.2, 0) is 4.74 Å². The molecule has 2 rings (SSSR count). The third-order valence-electron chi connectivity index (χ3n) is 3.00. The van der Waals surface area contributed by atoms with Crippen LogP contribution in [0.4, 0.5) is 5.13 Å². The fraction of sp³-hybridized carbons (Fsp3) is 0.267. The second kappa shape index (κ2) is 7.10. The summed E-state index contributed by atoms with van der Waals surface area (Å²) in [7, 11) is 4.30. The SMILES string of the molecule is COC(=O)c1sc(NC(=O)c2cc(OC)cc(OC)c2)nc1C. The summed E-state index contributed by atoms with van der Waals surface area (Å²) < 4.78 is 14.9. The number of hydrogen-bond acceptors (Lipinski definition) is 7. The van der Waals surface area contributed by atoms with E-state index in [0.717, 1.165) is 11.3 Å². The van der Waals surface area contributed by atoms with Crippen molar-refractivity contribution >= 4 is 28.3 Å². The number of nitrogens with one attached hydrogen (secondary N) is 1. The van der Waals surface area contributed by atoms with Gasteiger partial charge < -0.3 is 14.2 Å². The number of benzene rings is 1. The van der Waals surface area contributed by atoms with Crippen molar-refractivity contribution in [2.45, 2.75) is 6.92 Å². The fourth-order valence-electron chi connectivity index (χ4n) is 1.84. The molecule has 0 spiro atoms. The van der Waals surface area contributed by atoms with Gasteiger partial charge in [-0.2, -0.15) is 0 Å². The average molecular weight is 336 g/mol. The number of aromatic nitrogens is 1. The molecule has 1 N–H and O–H groups in total. The minimum absolute atomic E-state index is 0.315. The second-order valence-electron chi connectivity index (χ2n) is 4.48. The molecule has 1 heterocycles. The van der Waals surface area contributed by atoms with E-state index < -0.39 is 5.97 Å². The maximum atomic E-state index is 12.3. The van der Waals surface area contributed by atoms with Crippen LogP contribution in [0.2, 0.25) is 0 Å². The lowest BCUT2D eigenvalue weighted by Gasteiger charge is -2.08. The maximum Gasteiger partial charge on any atom is 0.350 e. The molecule has 23 heavy (non-hydrogen) atoms. The first kappa shape index (κ1) is 16.8. The third kappa shape index (κ3) is 3.78. The van der Waals surface area contributed by atoms with Crippen LogP contribution < -0.4 is 14.8 Å². The molecule has 1 amide bonds. The number of hydrogen-bond donors (Lipinski definition) is 1. The van der Waals surface area contributed by atoms with E-state index in [0.29, 0.717) is 32.8 Å². The lowest BCUT2D eigenvalue weighted by molar-refractivity contribution is 0.0605. The van der Waals surface area contributed by atoms with Gasteiger partial charge in [0, 0.05) is 11.6 Å². The molecular formula is C15H16N2O5S. The number of methoxy groups -OCH3 is 3. The van der Waals surface area contributed by atoms with E-state index in [9.17, 15) is 9.59 Å². The molecule has 0 aliphatic heterocycles. The predicted octanol–water partition coefficient (Wildman–Crippen LogP) is 2.51. The molecule has 0 radical (unpaired) electrons. The number of amides is 1. The van der Waals surface area contributed by atoms with E-state index in [1.54, 1.807) is 25.1 Å². The molecule has 1 aromatic carbocycles. The quantitative estimate of drug-likeness (QED) is 0.844. The first-order chi connectivity index (χ1) is 11.0. The standard InChI is InChI=1S/C15H16N2O5S/c1-8-12(14(19)22-4)23-15(16-8)17-13(18)9-5-10(20-2)7-11(6-9)21-3/h5-7H,1-4H3,(H,16,17,18). The van der Waals surface area contributed by atoms with E-state index in [4.69, 9.17) is 9.47 Å². The first-order valence-electron chi connectivity index (χ1n) is 6.58. The minimum Gasteiger partial charge on any atom is -0.497 e. The monoisotopic (exact) mass is 336 g/mol. The van der Waals surface area contributed by atoms with Gasteiger partial charge in [0.25, 0.3) is 5.91 Å². The molecule has 0 aliphatic rings. The van der Waals surface area contributed by atoms with Gasteiger partial charge in [-0.1, -0.05) is 11.3 Å². The molecule has 1 aromatic heterocycles. The van der Waals surface area contributed by atoms with E-state index in [1.807, 2.05) is 0 Å². The Labute approximate surface area is 137 Å². The van der Waals surface area contributed by atoms with Crippen LogP contribution in [0.25, 0.3) is 0 Å². The zero-order valence-corrected chi connectivity index (χ0v) is 13.9. The molecular weight excluding hydrogens is 320 g/mol. The molecule has 122 valence electrons. The highest BCUT2D eigenvalue weighted by molar-refractivity contribution is 7.17. The zero-order chi connectivity index (χ0) is 17.0. The van der Waals surface area contributed by atoms with Gasteiger partial charge in [-0.3, -0.25) is 10.1 Å². The number of carbonyl (C=O) groups is 2. The molecule has 0 saturated carbocycles. The highest BCUT2D eigenvalue weighted by Gasteiger charge is 2.18. The number of ether oxygens (including phenoxy) is 3. The Morgan fingerprint density at radius 1 is 1.09 bits per heavy atom. The normalized spacial score (nSPS) is 10.1. The molecule has 7 nitrogen and oxygen atoms in total. The largest absolute Gasteiger partial charge is 0.497 e. The Hall–Kier alpha value is -2.61. The van der Waals surface area contributed by atoms with Gasteiger partial charge in [-0.05, 0) is 19.1 Å². The molecule has 0 aliphatic carbocycles. The molecule has 0 unspecified atom stereocenters. The van der Waals surface area contributed by atoms with Crippen LogP contribution in [0.5, 0.6) is 11.5 Å². The Balaban J connectivity index is 2.24. The highest BCUT2D eigenvalue weighted by atomic mass is 32.1. The molecule has 2 aromatic rings. The Bertz CT molecular complexity index is 719. The van der Waals surface area contributed by atoms with Crippen LogP contribution in [0, 0.1) is 6.92 Å². The number of nitrogens with zero attached hydrogens (tertiary/aromatic N) is 1. The molecule has 8 heteroatoms. The van der Waals surface area contributed by atoms with Gasteiger partial charge in [-0.15, -0.1) is 0 Å². The van der Waals surface area contributed by atoms with Crippen LogP contribution in [0.3, 0.4) is 0 Å². The lowest BCUT2D eigenvalue weighted by Crippen LogP contribution is -2.12. The third-order valence-corrected chi connectivity index (χ3v) is 4.05. The highest BCUT2D eigenvalue weighted by Crippen LogP contribution is 2.26. The summed E-state index contributed by atoms with van der Waals surface area (Å²) in [5.41, 5.74) is 0.856. The summed E-state index contributed by atoms with van der Waals surface area (Å²) in [6.45, 7) is 1.67. The van der Waals surface area contributed by atoms with E-state index in [-0.39, 0.29) is 5.91 Å². The second-order valence-corrected chi connectivity index (χ2v) is 5.48. The average Bonchev–Trinajstić information content (AvgIpc) is 2.93. The first-order valence-corrected chi connectivity index (χ1v) is 7.40. The van der Waals surface area contributed by atoms with Gasteiger partial charge in [0.15, 0.2) is 5.13 Å². The van der Waals surface area contributed by atoms with E-state index in [2.05, 4.69) is 15.0 Å². The summed E-state index contributed by atoms with van der Waals surface area (Å²) >= 11 is 1.05. The molecule has 0 atom stereocenters. The van der Waals surface area contributed by atoms with Crippen molar-refractivity contribution in [2.75, 3.05) is 26.6 Å². The summed E-state index contributed by atoms with van der Waals surface area (Å²) in [5.74, 6) is 0.135. The zero-order valence-electron chi connectivity index (χ0n) is 13.1. The van der Waals surface area contributed by atoms with Gasteiger partial charge in [0.05, 0.1) is 27.0 Å². The lowest BCUT2D eigenvalue weighted by atomic mass is 10.2. The summed E-state index contributed by atoms with van der Waals surface area (Å²) in [4.78, 5) is 28.4. The summed E-state index contributed by atoms with van der Waals surface area (Å²) in [5, 5.41) is 2.97. The van der Waals surface area contributed by atoms with E-state index >= 15 is 0 Å². The molecule has 0 bridgehead atoms. The minimum atomic E-state index is -0.483. The van der Waals surface area contributed by atoms with Crippen molar-refractivity contribution in [3.8, 4) is 11.5 Å². The summed E-state index contributed by atoms with van der Waals surface area (Å²) in [6, 6.07) is 4.83. The van der Waals surface area contributed by atoms with Crippen molar-refractivity contribution in [3.05, 3.63) is 34.3 Å². The number of thiazole rings is 1. The number of esters is 1.